The van der Waals surface area contributed by atoms with Gasteiger partial charge in [0.05, 0.1) is 10.2 Å². The zero-order chi connectivity index (χ0) is 19.2. The molecule has 1 amide bonds. The number of nitrogens with one attached hydrogen (secondary N) is 1. The van der Waals surface area contributed by atoms with Gasteiger partial charge < -0.3 is 4.74 Å². The predicted octanol–water partition coefficient (Wildman–Crippen LogP) is 4.35. The number of rotatable bonds is 6. The molecule has 0 saturated heterocycles. The van der Waals surface area contributed by atoms with Crippen molar-refractivity contribution in [3.05, 3.63) is 59.9 Å². The van der Waals surface area contributed by atoms with Crippen LogP contribution in [0.2, 0.25) is 0 Å². The third kappa shape index (κ3) is 5.38. The number of carbonyl (C=O) groups is 2. The van der Waals surface area contributed by atoms with E-state index in [1.807, 2.05) is 30.5 Å². The zero-order valence-electron chi connectivity index (χ0n) is 14.3. The van der Waals surface area contributed by atoms with Gasteiger partial charge in [0, 0.05) is 11.0 Å². The lowest BCUT2D eigenvalue weighted by molar-refractivity contribution is -0.142. The number of carbonyl (C=O) groups excluding carboxylic acids is 2. The van der Waals surface area contributed by atoms with E-state index in [1.54, 1.807) is 17.8 Å². The molecule has 8 heteroatoms. The van der Waals surface area contributed by atoms with Crippen LogP contribution in [0.1, 0.15) is 5.56 Å². The standard InChI is InChI=1S/C19H15FN2O3S2/c1-26-14-6-2-12(3-7-14)4-9-18(24)25-11-17(23)22-19-21-15-8-5-13(20)10-16(15)27-19/h2-10H,11H2,1H3,(H,21,22,23)/b9-4+. The molecule has 0 fully saturated rings. The topological polar surface area (TPSA) is 68.3 Å². The fraction of sp³-hybridized carbons (Fsp3) is 0.105. The first kappa shape index (κ1) is 19.1. The van der Waals surface area contributed by atoms with Crippen LogP contribution in [0.25, 0.3) is 16.3 Å². The number of benzene rings is 2. The summed E-state index contributed by atoms with van der Waals surface area (Å²) < 4.78 is 18.7. The monoisotopic (exact) mass is 402 g/mol. The first-order chi connectivity index (χ1) is 13.0. The third-order valence-electron chi connectivity index (χ3n) is 3.47. The number of nitrogens with zero attached hydrogens (tertiary/aromatic N) is 1. The molecule has 27 heavy (non-hydrogen) atoms. The van der Waals surface area contributed by atoms with Crippen molar-refractivity contribution < 1.29 is 18.7 Å². The van der Waals surface area contributed by atoms with Crippen LogP contribution in [0.5, 0.6) is 0 Å². The minimum absolute atomic E-state index is 0.320. The van der Waals surface area contributed by atoms with Crippen LogP contribution in [0.3, 0.4) is 0 Å². The van der Waals surface area contributed by atoms with E-state index in [-0.39, 0.29) is 5.82 Å². The lowest BCUT2D eigenvalue weighted by Gasteiger charge is -2.02. The molecule has 0 radical (unpaired) electrons. The molecule has 0 aliphatic heterocycles. The van der Waals surface area contributed by atoms with Crippen LogP contribution in [0, 0.1) is 5.82 Å². The maximum absolute atomic E-state index is 13.2. The Morgan fingerprint density at radius 3 is 2.78 bits per heavy atom. The maximum Gasteiger partial charge on any atom is 0.331 e. The first-order valence-electron chi connectivity index (χ1n) is 7.88. The summed E-state index contributed by atoms with van der Waals surface area (Å²) in [5, 5.41) is 2.86. The summed E-state index contributed by atoms with van der Waals surface area (Å²) in [5.74, 6) is -1.50. The average Bonchev–Trinajstić information content (AvgIpc) is 3.06. The molecule has 5 nitrogen and oxygen atoms in total. The smallest absolute Gasteiger partial charge is 0.331 e. The molecule has 0 unspecified atom stereocenters. The number of aromatic nitrogens is 1. The van der Waals surface area contributed by atoms with E-state index in [0.29, 0.717) is 15.3 Å². The summed E-state index contributed by atoms with van der Waals surface area (Å²) in [6.07, 6.45) is 4.87. The number of halogens is 1. The highest BCUT2D eigenvalue weighted by atomic mass is 32.2. The molecule has 1 aromatic heterocycles. The van der Waals surface area contributed by atoms with Gasteiger partial charge in [0.2, 0.25) is 0 Å². The molecule has 1 heterocycles. The van der Waals surface area contributed by atoms with Crippen molar-refractivity contribution in [3.63, 3.8) is 0 Å². The molecular weight excluding hydrogens is 387 g/mol. The minimum atomic E-state index is -0.620. The highest BCUT2D eigenvalue weighted by Gasteiger charge is 2.10. The van der Waals surface area contributed by atoms with Gasteiger partial charge >= 0.3 is 5.97 Å². The largest absolute Gasteiger partial charge is 0.452 e. The predicted molar refractivity (Wildman–Crippen MR) is 106 cm³/mol. The molecule has 0 aliphatic rings. The molecule has 0 aliphatic carbocycles. The Balaban J connectivity index is 1.50. The van der Waals surface area contributed by atoms with E-state index < -0.39 is 18.5 Å². The highest BCUT2D eigenvalue weighted by Crippen LogP contribution is 2.26. The molecule has 0 saturated carbocycles. The van der Waals surface area contributed by atoms with E-state index in [1.165, 1.54) is 24.3 Å². The van der Waals surface area contributed by atoms with Crippen LogP contribution in [-0.4, -0.2) is 29.7 Å². The summed E-state index contributed by atoms with van der Waals surface area (Å²) in [5.41, 5.74) is 1.44. The number of anilines is 1. The second kappa shape index (κ2) is 8.79. The molecule has 0 spiro atoms. The Morgan fingerprint density at radius 1 is 1.26 bits per heavy atom. The average molecular weight is 402 g/mol. The molecule has 138 valence electrons. The summed E-state index contributed by atoms with van der Waals surface area (Å²) in [7, 11) is 0. The quantitative estimate of drug-likeness (QED) is 0.377. The number of thioether (sulfide) groups is 1. The van der Waals surface area contributed by atoms with Gasteiger partial charge in [0.25, 0.3) is 5.91 Å². The molecule has 3 aromatic rings. The summed E-state index contributed by atoms with van der Waals surface area (Å²) in [6.45, 7) is -0.432. The van der Waals surface area contributed by atoms with Crippen molar-refractivity contribution >= 4 is 56.4 Å². The minimum Gasteiger partial charge on any atom is -0.452 e. The van der Waals surface area contributed by atoms with E-state index in [2.05, 4.69) is 10.3 Å². The van der Waals surface area contributed by atoms with Crippen molar-refractivity contribution in [1.29, 1.82) is 0 Å². The number of hydrogen-bond donors (Lipinski definition) is 1. The lowest BCUT2D eigenvalue weighted by atomic mass is 10.2. The van der Waals surface area contributed by atoms with Crippen LogP contribution in [-0.2, 0) is 14.3 Å². The Hall–Kier alpha value is -2.71. The fourth-order valence-electron chi connectivity index (χ4n) is 2.17. The van der Waals surface area contributed by atoms with E-state index in [9.17, 15) is 14.0 Å². The number of hydrogen-bond acceptors (Lipinski definition) is 6. The van der Waals surface area contributed by atoms with Crippen molar-refractivity contribution in [3.8, 4) is 0 Å². The molecule has 0 bridgehead atoms. The number of fused-ring (bicyclic) bond motifs is 1. The SMILES string of the molecule is CSc1ccc(/C=C/C(=O)OCC(=O)Nc2nc3ccc(F)cc3s2)cc1. The van der Waals surface area contributed by atoms with Crippen LogP contribution in [0.15, 0.2) is 53.4 Å². The number of ether oxygens (including phenoxy) is 1. The third-order valence-corrected chi connectivity index (χ3v) is 5.15. The van der Waals surface area contributed by atoms with Gasteiger partial charge in [-0.05, 0) is 48.2 Å². The van der Waals surface area contributed by atoms with Gasteiger partial charge in [-0.2, -0.15) is 0 Å². The van der Waals surface area contributed by atoms with Gasteiger partial charge in [0.15, 0.2) is 11.7 Å². The maximum atomic E-state index is 13.2. The molecule has 2 aromatic carbocycles. The summed E-state index contributed by atoms with van der Waals surface area (Å²) in [6, 6.07) is 11.9. The Bertz CT molecular complexity index is 1000. The van der Waals surface area contributed by atoms with Gasteiger partial charge in [-0.15, -0.1) is 11.8 Å². The second-order valence-electron chi connectivity index (χ2n) is 5.39. The summed E-state index contributed by atoms with van der Waals surface area (Å²) in [4.78, 5) is 28.9. The zero-order valence-corrected chi connectivity index (χ0v) is 15.9. The Labute approximate surface area is 163 Å². The lowest BCUT2D eigenvalue weighted by Crippen LogP contribution is -2.19. The van der Waals surface area contributed by atoms with Crippen molar-refractivity contribution in [2.75, 3.05) is 18.2 Å². The number of amides is 1. The van der Waals surface area contributed by atoms with Crippen molar-refractivity contribution in [2.24, 2.45) is 0 Å². The molecular formula is C19H15FN2O3S2. The van der Waals surface area contributed by atoms with Gasteiger partial charge in [-0.3, -0.25) is 10.1 Å². The first-order valence-corrected chi connectivity index (χ1v) is 9.92. The van der Waals surface area contributed by atoms with E-state index in [0.717, 1.165) is 21.8 Å². The van der Waals surface area contributed by atoms with Crippen LogP contribution >= 0.6 is 23.1 Å². The molecule has 1 N–H and O–H groups in total. The molecule has 3 rings (SSSR count). The number of esters is 1. The number of thiazole rings is 1. The Kier molecular flexibility index (Phi) is 6.20. The van der Waals surface area contributed by atoms with E-state index >= 15 is 0 Å². The highest BCUT2D eigenvalue weighted by molar-refractivity contribution is 7.98. The normalized spacial score (nSPS) is 11.0. The second-order valence-corrected chi connectivity index (χ2v) is 7.30. The van der Waals surface area contributed by atoms with Gasteiger partial charge in [0.1, 0.15) is 5.82 Å². The summed E-state index contributed by atoms with van der Waals surface area (Å²) >= 11 is 2.78. The van der Waals surface area contributed by atoms with E-state index in [4.69, 9.17) is 4.74 Å². The fourth-order valence-corrected chi connectivity index (χ4v) is 3.49. The molecule has 0 atom stereocenters. The Morgan fingerprint density at radius 2 is 2.04 bits per heavy atom. The van der Waals surface area contributed by atoms with Crippen LogP contribution in [0.4, 0.5) is 9.52 Å². The van der Waals surface area contributed by atoms with Crippen molar-refractivity contribution in [1.82, 2.24) is 4.98 Å². The van der Waals surface area contributed by atoms with Crippen LogP contribution < -0.4 is 5.32 Å². The van der Waals surface area contributed by atoms with Gasteiger partial charge in [-0.25, -0.2) is 14.2 Å². The van der Waals surface area contributed by atoms with Crippen molar-refractivity contribution in [2.45, 2.75) is 4.90 Å². The van der Waals surface area contributed by atoms with Gasteiger partial charge in [-0.1, -0.05) is 23.5 Å².